The van der Waals surface area contributed by atoms with Crippen molar-refractivity contribution in [3.8, 4) is 11.4 Å². The Morgan fingerprint density at radius 2 is 1.62 bits per heavy atom. The summed E-state index contributed by atoms with van der Waals surface area (Å²) in [5.41, 5.74) is 1.83. The van der Waals surface area contributed by atoms with E-state index in [0.29, 0.717) is 16.8 Å². The first-order valence-corrected chi connectivity index (χ1v) is 11.2. The molecule has 0 saturated carbocycles. The van der Waals surface area contributed by atoms with E-state index in [4.69, 9.17) is 16.1 Å². The fourth-order valence-electron chi connectivity index (χ4n) is 2.87. The molecule has 1 heterocycles. The van der Waals surface area contributed by atoms with Crippen LogP contribution in [-0.4, -0.2) is 28.9 Å². The molecule has 3 rings (SSSR count). The zero-order valence-corrected chi connectivity index (χ0v) is 18.4. The van der Waals surface area contributed by atoms with Crippen LogP contribution in [0.25, 0.3) is 11.4 Å². The molecule has 0 atom stereocenters. The van der Waals surface area contributed by atoms with Crippen molar-refractivity contribution >= 4 is 21.6 Å². The third-order valence-electron chi connectivity index (χ3n) is 4.59. The van der Waals surface area contributed by atoms with E-state index in [9.17, 15) is 8.42 Å². The molecule has 0 fully saturated rings. The van der Waals surface area contributed by atoms with Gasteiger partial charge in [-0.1, -0.05) is 42.7 Å². The second-order valence-electron chi connectivity index (χ2n) is 7.39. The Morgan fingerprint density at radius 3 is 2.17 bits per heavy atom. The van der Waals surface area contributed by atoms with Crippen molar-refractivity contribution in [3.63, 3.8) is 0 Å². The van der Waals surface area contributed by atoms with E-state index in [-0.39, 0.29) is 23.4 Å². The minimum Gasteiger partial charge on any atom is -0.338 e. The molecule has 6 nitrogen and oxygen atoms in total. The average molecular weight is 434 g/mol. The van der Waals surface area contributed by atoms with Gasteiger partial charge in [0, 0.05) is 16.6 Å². The predicted molar refractivity (Wildman–Crippen MR) is 113 cm³/mol. The molecule has 0 bridgehead atoms. The molecule has 154 valence electrons. The van der Waals surface area contributed by atoms with Crippen LogP contribution in [0.1, 0.15) is 45.1 Å². The van der Waals surface area contributed by atoms with Gasteiger partial charge < -0.3 is 4.52 Å². The van der Waals surface area contributed by atoms with Crippen LogP contribution in [0.3, 0.4) is 0 Å². The molecule has 0 aliphatic rings. The Labute approximate surface area is 176 Å². The highest BCUT2D eigenvalue weighted by Crippen LogP contribution is 2.24. The number of aromatic nitrogens is 2. The summed E-state index contributed by atoms with van der Waals surface area (Å²) in [4.78, 5) is 4.59. The largest absolute Gasteiger partial charge is 0.338 e. The number of rotatable bonds is 7. The fraction of sp³-hybridized carbons (Fsp3) is 0.333. The summed E-state index contributed by atoms with van der Waals surface area (Å²) in [7, 11) is -3.71. The molecule has 0 N–H and O–H groups in total. The second-order valence-corrected chi connectivity index (χ2v) is 9.71. The number of sulfonamides is 1. The normalized spacial score (nSPS) is 12.3. The molecular weight excluding hydrogens is 410 g/mol. The minimum atomic E-state index is -3.71. The molecule has 0 unspecified atom stereocenters. The number of hydrogen-bond donors (Lipinski definition) is 0. The molecule has 2 aromatic carbocycles. The molecule has 0 aliphatic heterocycles. The molecule has 29 heavy (non-hydrogen) atoms. The fourth-order valence-corrected chi connectivity index (χ4v) is 4.59. The third-order valence-corrected chi connectivity index (χ3v) is 6.88. The quantitative estimate of drug-likeness (QED) is 0.517. The highest BCUT2D eigenvalue weighted by atomic mass is 35.5. The van der Waals surface area contributed by atoms with Crippen LogP contribution in [0.2, 0.25) is 5.02 Å². The Balaban J connectivity index is 1.85. The zero-order chi connectivity index (χ0) is 21.2. The topological polar surface area (TPSA) is 76.3 Å². The van der Waals surface area contributed by atoms with Gasteiger partial charge in [-0.2, -0.15) is 9.29 Å². The van der Waals surface area contributed by atoms with Gasteiger partial charge in [0.15, 0.2) is 0 Å². The van der Waals surface area contributed by atoms with Crippen molar-refractivity contribution in [1.82, 2.24) is 14.4 Å². The Bertz CT molecular complexity index is 1060. The Hall–Kier alpha value is -2.22. The summed E-state index contributed by atoms with van der Waals surface area (Å²) in [6, 6.07) is 13.7. The first kappa shape index (κ1) is 21.5. The SMILES string of the molecule is CC(C)c1ccc(S(=O)(=O)N(Cc2nc(-c3ccc(Cl)cc3)no2)C(C)C)cc1. The lowest BCUT2D eigenvalue weighted by molar-refractivity contribution is 0.286. The second kappa shape index (κ2) is 8.65. The molecule has 1 aromatic heterocycles. The van der Waals surface area contributed by atoms with Gasteiger partial charge in [-0.15, -0.1) is 0 Å². The number of halogens is 1. The van der Waals surface area contributed by atoms with E-state index in [1.807, 2.05) is 26.0 Å². The van der Waals surface area contributed by atoms with Gasteiger partial charge in [-0.3, -0.25) is 0 Å². The van der Waals surface area contributed by atoms with Crippen molar-refractivity contribution in [2.24, 2.45) is 0 Å². The van der Waals surface area contributed by atoms with Crippen molar-refractivity contribution in [2.75, 3.05) is 0 Å². The molecule has 0 spiro atoms. The maximum atomic E-state index is 13.2. The van der Waals surface area contributed by atoms with Gasteiger partial charge in [0.25, 0.3) is 0 Å². The predicted octanol–water partition coefficient (Wildman–Crippen LogP) is 5.11. The molecule has 8 heteroatoms. The summed E-state index contributed by atoms with van der Waals surface area (Å²) < 4.78 is 33.1. The van der Waals surface area contributed by atoms with Gasteiger partial charge >= 0.3 is 0 Å². The van der Waals surface area contributed by atoms with Crippen molar-refractivity contribution in [2.45, 2.75) is 51.1 Å². The van der Waals surface area contributed by atoms with E-state index >= 15 is 0 Å². The lowest BCUT2D eigenvalue weighted by Crippen LogP contribution is -2.36. The van der Waals surface area contributed by atoms with Crippen LogP contribution >= 0.6 is 11.6 Å². The van der Waals surface area contributed by atoms with E-state index in [0.717, 1.165) is 11.1 Å². The van der Waals surface area contributed by atoms with Crippen LogP contribution in [0.4, 0.5) is 0 Å². The first-order valence-electron chi connectivity index (χ1n) is 9.39. The van der Waals surface area contributed by atoms with Crippen LogP contribution < -0.4 is 0 Å². The first-order chi connectivity index (χ1) is 13.7. The summed E-state index contributed by atoms with van der Waals surface area (Å²) in [5, 5.41) is 4.57. The standard InChI is InChI=1S/C21H24ClN3O3S/c1-14(2)16-7-11-19(12-8-16)29(26,27)25(15(3)4)13-20-23-21(24-28-20)17-5-9-18(22)10-6-17/h5-12,14-15H,13H2,1-4H3. The Kier molecular flexibility index (Phi) is 6.41. The zero-order valence-electron chi connectivity index (χ0n) is 16.8. The molecule has 0 saturated heterocycles. The van der Waals surface area contributed by atoms with Gasteiger partial charge in [0.05, 0.1) is 11.4 Å². The Morgan fingerprint density at radius 1 is 1.00 bits per heavy atom. The third kappa shape index (κ3) is 4.86. The summed E-state index contributed by atoms with van der Waals surface area (Å²) in [5.74, 6) is 0.947. The van der Waals surface area contributed by atoms with Crippen molar-refractivity contribution in [3.05, 3.63) is 65.0 Å². The highest BCUT2D eigenvalue weighted by molar-refractivity contribution is 7.89. The van der Waals surface area contributed by atoms with Crippen molar-refractivity contribution in [1.29, 1.82) is 0 Å². The maximum Gasteiger partial charge on any atom is 0.243 e. The molecule has 0 aliphatic carbocycles. The van der Waals surface area contributed by atoms with Crippen molar-refractivity contribution < 1.29 is 12.9 Å². The molecule has 3 aromatic rings. The molecular formula is C21H24ClN3O3S. The lowest BCUT2D eigenvalue weighted by atomic mass is 10.0. The number of nitrogens with zero attached hydrogens (tertiary/aromatic N) is 3. The van der Waals surface area contributed by atoms with Gasteiger partial charge in [0.1, 0.15) is 0 Å². The molecule has 0 amide bonds. The lowest BCUT2D eigenvalue weighted by Gasteiger charge is -2.24. The van der Waals surface area contributed by atoms with Crippen LogP contribution in [0.15, 0.2) is 57.9 Å². The van der Waals surface area contributed by atoms with Gasteiger partial charge in [-0.05, 0) is 61.7 Å². The van der Waals surface area contributed by atoms with E-state index in [1.165, 1.54) is 4.31 Å². The van der Waals surface area contributed by atoms with Crippen LogP contribution in [0, 0.1) is 0 Å². The minimum absolute atomic E-state index is 0.00742. The summed E-state index contributed by atoms with van der Waals surface area (Å²) >= 11 is 5.91. The van der Waals surface area contributed by atoms with E-state index in [1.54, 1.807) is 36.4 Å². The van der Waals surface area contributed by atoms with E-state index < -0.39 is 10.0 Å². The number of hydrogen-bond acceptors (Lipinski definition) is 5. The summed E-state index contributed by atoms with van der Waals surface area (Å²) in [6.07, 6.45) is 0. The summed E-state index contributed by atoms with van der Waals surface area (Å²) in [6.45, 7) is 7.76. The van der Waals surface area contributed by atoms with Crippen LogP contribution in [0.5, 0.6) is 0 Å². The average Bonchev–Trinajstić information content (AvgIpc) is 3.15. The maximum absolute atomic E-state index is 13.2. The highest BCUT2D eigenvalue weighted by Gasteiger charge is 2.29. The monoisotopic (exact) mass is 433 g/mol. The number of benzene rings is 2. The smallest absolute Gasteiger partial charge is 0.243 e. The van der Waals surface area contributed by atoms with Crippen LogP contribution in [-0.2, 0) is 16.6 Å². The molecule has 0 radical (unpaired) electrons. The van der Waals surface area contributed by atoms with Gasteiger partial charge in [0.2, 0.25) is 21.7 Å². The van der Waals surface area contributed by atoms with Gasteiger partial charge in [-0.25, -0.2) is 8.42 Å². The van der Waals surface area contributed by atoms with E-state index in [2.05, 4.69) is 24.0 Å².